The van der Waals surface area contributed by atoms with Crippen LogP contribution in [0.15, 0.2) is 48.5 Å². The first-order valence-electron chi connectivity index (χ1n) is 13.0. The van der Waals surface area contributed by atoms with E-state index in [4.69, 9.17) is 0 Å². The second-order valence-electron chi connectivity index (χ2n) is 10.6. The highest BCUT2D eigenvalue weighted by Crippen LogP contribution is 2.35. The van der Waals surface area contributed by atoms with Gasteiger partial charge in [0.15, 0.2) is 5.54 Å². The minimum atomic E-state index is -3.87. The molecule has 3 saturated heterocycles. The summed E-state index contributed by atoms with van der Waals surface area (Å²) in [7, 11) is -3.87. The van der Waals surface area contributed by atoms with Gasteiger partial charge in [-0.25, -0.2) is 36.3 Å². The van der Waals surface area contributed by atoms with Crippen LogP contribution in [0.3, 0.4) is 0 Å². The van der Waals surface area contributed by atoms with Gasteiger partial charge in [-0.15, -0.1) is 12.4 Å². The fourth-order valence-corrected chi connectivity index (χ4v) is 7.87. The first-order valence-corrected chi connectivity index (χ1v) is 14.6. The molecule has 0 aromatic heterocycles. The number of carbonyl (C=O) groups excluding carboxylic acids is 2. The topological polar surface area (TPSA) is 90.0 Å². The van der Waals surface area contributed by atoms with E-state index in [1.165, 1.54) is 40.5 Å². The van der Waals surface area contributed by atoms with Crippen molar-refractivity contribution in [1.29, 1.82) is 0 Å². The highest BCUT2D eigenvalue weighted by Gasteiger charge is 2.55. The van der Waals surface area contributed by atoms with Crippen LogP contribution in [-0.2, 0) is 14.8 Å². The molecule has 3 aliphatic heterocycles. The molecule has 0 spiro atoms. The number of piperidine rings is 2. The molecule has 0 bridgehead atoms. The number of benzene rings is 2. The van der Waals surface area contributed by atoms with Crippen LogP contribution in [0.4, 0.5) is 13.6 Å². The summed E-state index contributed by atoms with van der Waals surface area (Å²) in [5.74, 6) is -1.44. The molecule has 0 aliphatic carbocycles. The van der Waals surface area contributed by atoms with Gasteiger partial charge in [-0.3, -0.25) is 10.1 Å². The minimum Gasteiger partial charge on any atom is -0.275 e. The molecule has 2 aromatic carbocycles. The molecule has 3 aliphatic rings. The van der Waals surface area contributed by atoms with E-state index in [-0.39, 0.29) is 35.9 Å². The summed E-state index contributed by atoms with van der Waals surface area (Å²) in [4.78, 5) is 25.8. The SMILES string of the molecule is C[C@@]1(CS(=O)(=O)N2CCC(c3ccc(F)cc3)CC2)C(=O)NC(=O)N1N1CCC(c2ccc(F)cc2)CC1.Cl. The van der Waals surface area contributed by atoms with Crippen molar-refractivity contribution in [3.05, 3.63) is 71.3 Å². The van der Waals surface area contributed by atoms with Crippen LogP contribution in [0.25, 0.3) is 0 Å². The van der Waals surface area contributed by atoms with E-state index in [1.807, 2.05) is 0 Å². The van der Waals surface area contributed by atoms with Crippen molar-refractivity contribution in [2.24, 2.45) is 0 Å². The van der Waals surface area contributed by atoms with Crippen molar-refractivity contribution in [2.45, 2.75) is 50.0 Å². The van der Waals surface area contributed by atoms with Gasteiger partial charge in [0.05, 0.1) is 5.75 Å². The molecular weight excluding hydrogens is 550 g/mol. The molecule has 3 amide bonds. The molecule has 39 heavy (non-hydrogen) atoms. The number of sulfonamides is 1. The van der Waals surface area contributed by atoms with Crippen LogP contribution in [0.2, 0.25) is 0 Å². The lowest BCUT2D eigenvalue weighted by atomic mass is 9.90. The maximum Gasteiger partial charge on any atom is 0.339 e. The zero-order chi connectivity index (χ0) is 27.1. The summed E-state index contributed by atoms with van der Waals surface area (Å²) in [6.45, 7) is 3.00. The molecule has 3 fully saturated rings. The Morgan fingerprint density at radius 3 is 1.72 bits per heavy atom. The van der Waals surface area contributed by atoms with Crippen molar-refractivity contribution in [3.63, 3.8) is 0 Å². The molecule has 8 nitrogen and oxygen atoms in total. The van der Waals surface area contributed by atoms with Crippen molar-refractivity contribution in [2.75, 3.05) is 31.9 Å². The summed E-state index contributed by atoms with van der Waals surface area (Å²) in [6.07, 6.45) is 2.55. The van der Waals surface area contributed by atoms with Crippen LogP contribution < -0.4 is 5.32 Å². The Morgan fingerprint density at radius 1 is 0.821 bits per heavy atom. The quantitative estimate of drug-likeness (QED) is 0.520. The van der Waals surface area contributed by atoms with E-state index in [0.29, 0.717) is 51.9 Å². The van der Waals surface area contributed by atoms with Crippen LogP contribution in [-0.4, -0.2) is 72.1 Å². The number of urea groups is 1. The molecule has 5 rings (SSSR count). The Bertz CT molecular complexity index is 1300. The zero-order valence-corrected chi connectivity index (χ0v) is 23.3. The first-order chi connectivity index (χ1) is 18.1. The maximum atomic E-state index is 13.5. The predicted octanol–water partition coefficient (Wildman–Crippen LogP) is 4.00. The Morgan fingerprint density at radius 2 is 1.26 bits per heavy atom. The minimum absolute atomic E-state index is 0. The molecule has 0 unspecified atom stereocenters. The third kappa shape index (κ3) is 5.96. The summed E-state index contributed by atoms with van der Waals surface area (Å²) in [6, 6.07) is 12.0. The van der Waals surface area contributed by atoms with Gasteiger partial charge in [0, 0.05) is 26.2 Å². The zero-order valence-electron chi connectivity index (χ0n) is 21.7. The molecule has 0 saturated carbocycles. The van der Waals surface area contributed by atoms with Gasteiger partial charge in [-0.05, 0) is 79.8 Å². The van der Waals surface area contributed by atoms with Gasteiger partial charge in [0.25, 0.3) is 5.91 Å². The van der Waals surface area contributed by atoms with Gasteiger partial charge in [-0.1, -0.05) is 24.3 Å². The van der Waals surface area contributed by atoms with Gasteiger partial charge in [0.1, 0.15) is 11.6 Å². The Labute approximate surface area is 233 Å². The van der Waals surface area contributed by atoms with Gasteiger partial charge in [-0.2, -0.15) is 0 Å². The monoisotopic (exact) mass is 582 g/mol. The Kier molecular flexibility index (Phi) is 8.65. The molecule has 0 radical (unpaired) electrons. The predicted molar refractivity (Wildman–Crippen MR) is 145 cm³/mol. The van der Waals surface area contributed by atoms with E-state index in [2.05, 4.69) is 5.32 Å². The van der Waals surface area contributed by atoms with Crippen LogP contribution in [0.1, 0.15) is 55.6 Å². The Balaban J connectivity index is 0.00000353. The number of hydrogen-bond donors (Lipinski definition) is 1. The van der Waals surface area contributed by atoms with Crippen molar-refractivity contribution in [1.82, 2.24) is 19.6 Å². The lowest BCUT2D eigenvalue weighted by Crippen LogP contribution is -2.61. The average Bonchev–Trinajstić information content (AvgIpc) is 3.11. The molecule has 1 N–H and O–H groups in total. The number of nitrogens with one attached hydrogen (secondary N) is 1. The number of rotatable bonds is 6. The molecule has 212 valence electrons. The number of imide groups is 1. The molecule has 2 aromatic rings. The molecular formula is C27H33ClF2N4O4S. The lowest BCUT2D eigenvalue weighted by molar-refractivity contribution is -0.132. The number of amides is 3. The van der Waals surface area contributed by atoms with Crippen LogP contribution in [0, 0.1) is 11.6 Å². The normalized spacial score (nSPS) is 24.0. The maximum absolute atomic E-state index is 13.5. The fraction of sp³-hybridized carbons (Fsp3) is 0.481. The smallest absolute Gasteiger partial charge is 0.275 e. The number of nitrogens with zero attached hydrogens (tertiary/aromatic N) is 3. The van der Waals surface area contributed by atoms with Gasteiger partial charge >= 0.3 is 6.03 Å². The second kappa shape index (κ2) is 11.5. The van der Waals surface area contributed by atoms with Crippen LogP contribution in [0.5, 0.6) is 0 Å². The average molecular weight is 583 g/mol. The number of carbonyl (C=O) groups is 2. The van der Waals surface area contributed by atoms with Crippen LogP contribution >= 0.6 is 12.4 Å². The third-order valence-corrected chi connectivity index (χ3v) is 10.2. The van der Waals surface area contributed by atoms with Gasteiger partial charge < -0.3 is 0 Å². The molecule has 12 heteroatoms. The van der Waals surface area contributed by atoms with E-state index >= 15 is 0 Å². The van der Waals surface area contributed by atoms with Crippen molar-refractivity contribution >= 4 is 34.4 Å². The van der Waals surface area contributed by atoms with Crippen molar-refractivity contribution < 1.29 is 26.8 Å². The Hall–Kier alpha value is -2.60. The highest BCUT2D eigenvalue weighted by atomic mass is 35.5. The lowest BCUT2D eigenvalue weighted by Gasteiger charge is -2.43. The molecule has 1 atom stereocenters. The van der Waals surface area contributed by atoms with Gasteiger partial charge in [0.2, 0.25) is 10.0 Å². The summed E-state index contributed by atoms with van der Waals surface area (Å²) < 4.78 is 55.0. The largest absolute Gasteiger partial charge is 0.339 e. The first kappa shape index (κ1) is 29.4. The number of halogens is 3. The van der Waals surface area contributed by atoms with E-state index in [9.17, 15) is 26.8 Å². The third-order valence-electron chi connectivity index (χ3n) is 8.12. The fourth-order valence-electron chi connectivity index (χ4n) is 5.96. The highest BCUT2D eigenvalue weighted by molar-refractivity contribution is 7.89. The van der Waals surface area contributed by atoms with Crippen molar-refractivity contribution in [3.8, 4) is 0 Å². The standard InChI is InChI=1S/C27H32F2N4O4S.ClH/c1-27(18-38(36,37)32-16-12-22(13-17-32)20-4-8-24(29)9-5-20)25(34)30-26(35)33(27)31-14-10-21(11-15-31)19-2-6-23(28)7-3-19;/h2-9,21-22H,10-18H2,1H3,(H,30,34,35);1H/t27-;/m1./s1. The number of hydrazine groups is 1. The summed E-state index contributed by atoms with van der Waals surface area (Å²) >= 11 is 0. The summed E-state index contributed by atoms with van der Waals surface area (Å²) in [5.41, 5.74) is 0.417. The second-order valence-corrected chi connectivity index (χ2v) is 12.6. The molecule has 3 heterocycles. The number of hydrogen-bond acceptors (Lipinski definition) is 5. The van der Waals surface area contributed by atoms with E-state index < -0.39 is 33.3 Å². The van der Waals surface area contributed by atoms with E-state index in [0.717, 1.165) is 11.1 Å². The summed E-state index contributed by atoms with van der Waals surface area (Å²) in [5, 5.41) is 5.36. The van der Waals surface area contributed by atoms with E-state index in [1.54, 1.807) is 29.3 Å².